The number of hydrogen-bond donors (Lipinski definition) is 8. The summed E-state index contributed by atoms with van der Waals surface area (Å²) < 4.78 is 104. The maximum Gasteiger partial charge on any atom is 0.240 e. The molecule has 32 heteroatoms. The minimum atomic E-state index is -3.74. The fraction of sp³-hybridized carbons (Fsp3) is 0.242. The van der Waals surface area contributed by atoms with Crippen LogP contribution < -0.4 is 73.3 Å². The van der Waals surface area contributed by atoms with Crippen LogP contribution in [-0.2, 0) is 67.3 Å². The van der Waals surface area contributed by atoms with Gasteiger partial charge < -0.3 is 74.0 Å². The maximum atomic E-state index is 13.3. The van der Waals surface area contributed by atoms with Gasteiger partial charge in [0.1, 0.15) is 29.0 Å². The Balaban J connectivity index is 0.000000129. The van der Waals surface area contributed by atoms with Crippen LogP contribution in [0.15, 0.2) is 259 Å². The predicted molar refractivity (Wildman–Crippen MR) is 492 cm³/mol. The van der Waals surface area contributed by atoms with Gasteiger partial charge in [-0.05, 0) is 238 Å². The van der Waals surface area contributed by atoms with Crippen LogP contribution in [0.1, 0.15) is 100 Å². The molecule has 0 saturated heterocycles. The topological polar surface area (TPSA) is 392 Å². The van der Waals surface area contributed by atoms with Gasteiger partial charge in [-0.25, -0.2) is 51.2 Å². The van der Waals surface area contributed by atoms with Gasteiger partial charge in [0, 0.05) is 68.4 Å². The molecule has 4 amide bonds. The van der Waals surface area contributed by atoms with Crippen LogP contribution in [0.25, 0.3) is 44.8 Å². The number of benzene rings is 8. The second-order valence-electron chi connectivity index (χ2n) is 33.1. The molecule has 8 aliphatic rings. The minimum Gasteiger partial charge on any atom is -0.497 e. The van der Waals surface area contributed by atoms with Gasteiger partial charge in [-0.3, -0.25) is 19.2 Å². The van der Waals surface area contributed by atoms with Crippen molar-refractivity contribution >= 4 is 66.9 Å². The largest absolute Gasteiger partial charge is 0.497 e. The van der Waals surface area contributed by atoms with Crippen LogP contribution in [-0.4, -0.2) is 129 Å². The lowest BCUT2D eigenvalue weighted by Gasteiger charge is -2.17. The number of nitrogens with one attached hydrogen (secondary N) is 7. The number of amides is 4. The number of sulfonamides is 2. The van der Waals surface area contributed by atoms with Crippen molar-refractivity contribution in [2.24, 2.45) is 0 Å². The second-order valence-corrected chi connectivity index (χ2v) is 36.6. The third-order valence-corrected chi connectivity index (χ3v) is 27.4. The van der Waals surface area contributed by atoms with E-state index in [1.165, 1.54) is 12.1 Å². The number of methoxy groups -OCH3 is 1. The van der Waals surface area contributed by atoms with E-state index in [1.807, 2.05) is 153 Å². The van der Waals surface area contributed by atoms with Gasteiger partial charge in [0.25, 0.3) is 0 Å². The molecule has 4 saturated carbocycles. The van der Waals surface area contributed by atoms with Crippen LogP contribution in [0.2, 0.25) is 0 Å². The molecule has 131 heavy (non-hydrogen) atoms. The molecular weight excluding hydrogens is 1710 g/mol. The molecular formula is C99H96N12O18S2. The van der Waals surface area contributed by atoms with Crippen molar-refractivity contribution in [3.63, 3.8) is 0 Å². The van der Waals surface area contributed by atoms with E-state index in [2.05, 4.69) is 66.7 Å². The number of pyridine rings is 4. The summed E-state index contributed by atoms with van der Waals surface area (Å²) in [6, 6.07) is 67.4. The Morgan fingerprint density at radius 3 is 1.30 bits per heavy atom. The number of aromatic nitrogens is 6. The quantitative estimate of drug-likeness (QED) is 0.0250. The molecule has 0 radical (unpaired) electrons. The number of ether oxygens (including phenoxy) is 9. The number of nitrogens with zero attached hydrogens (tertiary/aromatic N) is 5. The van der Waals surface area contributed by atoms with Crippen LogP contribution in [0.5, 0.6) is 51.7 Å². The fourth-order valence-corrected chi connectivity index (χ4v) is 18.4. The van der Waals surface area contributed by atoms with E-state index in [-0.39, 0.29) is 76.6 Å². The van der Waals surface area contributed by atoms with Crippen molar-refractivity contribution in [2.45, 2.75) is 116 Å². The molecule has 1 atom stereocenters. The first kappa shape index (κ1) is 87.1. The van der Waals surface area contributed by atoms with Crippen LogP contribution >= 0.6 is 0 Å². The lowest BCUT2D eigenvalue weighted by atomic mass is 9.94. The maximum absolute atomic E-state index is 13.3. The highest BCUT2D eigenvalue weighted by atomic mass is 32.2. The molecule has 0 bridgehead atoms. The van der Waals surface area contributed by atoms with E-state index in [0.29, 0.717) is 81.1 Å². The van der Waals surface area contributed by atoms with Gasteiger partial charge in [-0.15, -0.1) is 0 Å². The Bertz CT molecular complexity index is 6770. The Kier molecular flexibility index (Phi) is 24.3. The highest BCUT2D eigenvalue weighted by molar-refractivity contribution is 7.89. The highest BCUT2D eigenvalue weighted by Gasteiger charge is 2.55. The average molecular weight is 1810 g/mol. The molecule has 8 N–H and O–H groups in total. The molecule has 0 unspecified atom stereocenters. The molecule has 4 aliphatic carbocycles. The summed E-state index contributed by atoms with van der Waals surface area (Å²) >= 11 is 0. The number of anilines is 4. The summed E-state index contributed by atoms with van der Waals surface area (Å²) in [5.41, 5.74) is 11.1. The minimum absolute atomic E-state index is 0. The van der Waals surface area contributed by atoms with E-state index in [9.17, 15) is 36.0 Å². The summed E-state index contributed by atoms with van der Waals surface area (Å²) in [6.45, 7) is 6.33. The SMILES string of the molecule is COc1cccc(-c2cnc(NC(=O)C3(c4ccc5c(c4)OCO5)CC3)cc2C)c1.C[C@H](CO)NS(=O)(=O)c1ccc(-c2cccc(NC(=O)C3(c4ccc5c(c4)OCO5)CC3)n2)cc1.Cc1cc(-c2ccccc2)cnc1NC(=O)C1(c2ccc3c(c2)OCO3)CC1.O=C(Nc1cccc(-c2ccc(S(=O)(=O)NCCc3cnc[nH]3)cc2)n1)C1(c2ccc3c(c2)OCO3)CC1.[HH].[HH]. The monoisotopic (exact) mass is 1800 g/mol. The van der Waals surface area contributed by atoms with E-state index in [4.69, 9.17) is 47.7 Å². The number of rotatable bonds is 26. The molecule has 5 aromatic heterocycles. The first-order valence-electron chi connectivity index (χ1n) is 42.7. The molecule has 30 nitrogen and oxygen atoms in total. The molecule has 8 aromatic carbocycles. The van der Waals surface area contributed by atoms with Crippen molar-refractivity contribution in [2.75, 3.05) is 68.7 Å². The summed E-state index contributed by atoms with van der Waals surface area (Å²) in [7, 11) is -5.74. The van der Waals surface area contributed by atoms with Crippen molar-refractivity contribution in [1.82, 2.24) is 39.3 Å². The highest BCUT2D eigenvalue weighted by Crippen LogP contribution is 2.55. The van der Waals surface area contributed by atoms with Crippen LogP contribution in [0.3, 0.4) is 0 Å². The van der Waals surface area contributed by atoms with E-state index >= 15 is 0 Å². The Hall–Kier alpha value is -14.6. The number of hydrogen-bond acceptors (Lipinski definition) is 23. The number of aromatic amines is 1. The van der Waals surface area contributed by atoms with Crippen LogP contribution in [0, 0.1) is 13.8 Å². The summed E-state index contributed by atoms with van der Waals surface area (Å²) in [6.07, 6.45) is 13.5. The van der Waals surface area contributed by atoms with Gasteiger partial charge in [-0.2, -0.15) is 0 Å². The van der Waals surface area contributed by atoms with Gasteiger partial charge >= 0.3 is 0 Å². The average Bonchev–Trinajstić information content (AvgIpc) is 1.60. The number of fused-ring (bicyclic) bond motifs is 4. The zero-order chi connectivity index (χ0) is 90.7. The number of carbonyl (C=O) groups excluding carboxylic acids is 4. The molecule has 0 spiro atoms. The van der Waals surface area contributed by atoms with Gasteiger partial charge in [-0.1, -0.05) is 103 Å². The normalized spacial score (nSPS) is 15.8. The molecule has 672 valence electrons. The molecule has 9 heterocycles. The second kappa shape index (κ2) is 36.5. The standard InChI is InChI=1S/C27H25N5O5S.C25H25N3O6S.C24H22N2O4.C23H20N2O3.2H2/c33-26(27(11-12-27)19-6-9-23-24(14-19)37-17-36-23)32-25-3-1-2-22(31-25)18-4-7-21(8-5-18)38(34,35)30-13-10-20-15-28-16-29-20;1-16(14-29)28-35(31,32)19-8-5-17(6-9-19)20-3-2-4-23(26-20)27-24(30)25(11-12-25)18-7-10-21-22(13-18)34-15-33-21;1-15-10-22(25-13-19(15)16-4-3-5-18(11-16)28-2)26-23(27)24(8-9-24)17-6-7-20-21(12-17)30-14-29-20;1-15-11-17(16-5-3-2-4-6-16)13-24-21(15)25-22(26)23(9-10-23)18-7-8-19-20(12-18)28-14-27-19;;/h1-9,14-16,30H,10-13,17H2,(H,28,29)(H,31,32,33);2-10,13,16,28-29H,11-12,14-15H2,1H3,(H,26,27,30);3-7,10-13H,8-9,14H2,1-2H3,(H,25,26,27);2-8,11-13H,9-10,14H2,1H3,(H,24,25,26);2*1H/t;16-;;;;/m.1..../s1. The lowest BCUT2D eigenvalue weighted by Crippen LogP contribution is -2.34. The third-order valence-electron chi connectivity index (χ3n) is 24.4. The zero-order valence-corrected chi connectivity index (χ0v) is 73.4. The van der Waals surface area contributed by atoms with E-state index in [1.54, 1.807) is 106 Å². The van der Waals surface area contributed by atoms with E-state index < -0.39 is 47.7 Å². The van der Waals surface area contributed by atoms with E-state index in [0.717, 1.165) is 136 Å². The van der Waals surface area contributed by atoms with Crippen molar-refractivity contribution < 1.29 is 86.6 Å². The number of aliphatic hydroxyl groups excluding tert-OH is 1. The molecule has 13 aromatic rings. The zero-order valence-electron chi connectivity index (χ0n) is 71.8. The predicted octanol–water partition coefficient (Wildman–Crippen LogP) is 15.6. The smallest absolute Gasteiger partial charge is 0.240 e. The summed E-state index contributed by atoms with van der Waals surface area (Å²) in [4.78, 5) is 77.9. The Morgan fingerprint density at radius 2 is 0.870 bits per heavy atom. The Morgan fingerprint density at radius 1 is 0.435 bits per heavy atom. The summed E-state index contributed by atoms with van der Waals surface area (Å²) in [5, 5.41) is 21.0. The summed E-state index contributed by atoms with van der Waals surface area (Å²) in [5.74, 6) is 8.00. The number of carbonyl (C=O) groups is 4. The van der Waals surface area contributed by atoms with Gasteiger partial charge in [0.2, 0.25) is 70.8 Å². The lowest BCUT2D eigenvalue weighted by molar-refractivity contribution is -0.119. The molecule has 4 fully saturated rings. The molecule has 4 aliphatic heterocycles. The number of H-pyrrole nitrogens is 1. The fourth-order valence-electron chi connectivity index (χ4n) is 16.1. The third kappa shape index (κ3) is 18.9. The first-order valence-corrected chi connectivity index (χ1v) is 45.7. The molecule has 21 rings (SSSR count). The number of aryl methyl sites for hydroxylation is 2. The van der Waals surface area contributed by atoms with Gasteiger partial charge in [0.05, 0.1) is 62.9 Å². The van der Waals surface area contributed by atoms with Crippen molar-refractivity contribution in [3.8, 4) is 96.5 Å². The Labute approximate surface area is 758 Å². The first-order chi connectivity index (χ1) is 63.5. The van der Waals surface area contributed by atoms with Crippen LogP contribution in [0.4, 0.5) is 23.3 Å². The van der Waals surface area contributed by atoms with Gasteiger partial charge in [0.15, 0.2) is 46.0 Å². The van der Waals surface area contributed by atoms with Crippen molar-refractivity contribution in [1.29, 1.82) is 0 Å². The number of aliphatic hydroxyl groups is 1. The van der Waals surface area contributed by atoms with Crippen molar-refractivity contribution in [3.05, 3.63) is 288 Å². The number of imidazole rings is 1.